The molecular weight excluding hydrogens is 448 g/mol. The lowest BCUT2D eigenvalue weighted by Gasteiger charge is -2.35. The fraction of sp³-hybridized carbons (Fsp3) is 0.259. The van der Waals surface area contributed by atoms with Gasteiger partial charge in [0.25, 0.3) is 5.91 Å². The topological polar surface area (TPSA) is 67.9 Å². The van der Waals surface area contributed by atoms with Crippen LogP contribution >= 0.6 is 11.8 Å². The van der Waals surface area contributed by atoms with Gasteiger partial charge in [-0.3, -0.25) is 19.3 Å². The van der Waals surface area contributed by atoms with Gasteiger partial charge in [0.2, 0.25) is 5.91 Å². The molecule has 3 aromatic rings. The minimum atomic E-state index is -0.766. The maximum Gasteiger partial charge on any atom is 0.267 e. The van der Waals surface area contributed by atoms with Gasteiger partial charge in [0.05, 0.1) is 17.0 Å². The molecule has 3 aromatic carbocycles. The number of hydrogen-bond donors (Lipinski definition) is 1. The van der Waals surface area contributed by atoms with Crippen LogP contribution in [0.15, 0.2) is 83.8 Å². The van der Waals surface area contributed by atoms with E-state index in [9.17, 15) is 9.59 Å². The van der Waals surface area contributed by atoms with Crippen molar-refractivity contribution in [2.24, 2.45) is 0 Å². The Morgan fingerprint density at radius 2 is 1.62 bits per heavy atom. The van der Waals surface area contributed by atoms with E-state index in [0.29, 0.717) is 12.2 Å². The van der Waals surface area contributed by atoms with Crippen molar-refractivity contribution in [2.45, 2.75) is 43.7 Å². The quantitative estimate of drug-likeness (QED) is 0.464. The summed E-state index contributed by atoms with van der Waals surface area (Å²) in [7, 11) is 0. The first-order chi connectivity index (χ1) is 16.3. The normalized spacial score (nSPS) is 14.3. The largest absolute Gasteiger partial charge is 0.457 e. The number of fused-ring (bicyclic) bond motifs is 1. The SMILES string of the molecule is CC(C)(C)ONC(=O)C(Cc1ccc(Oc2ccccc2)cc1)N1C(=O)CSc2ccccc21. The Labute approximate surface area is 204 Å². The predicted octanol–water partition coefficient (Wildman–Crippen LogP) is 5.38. The van der Waals surface area contributed by atoms with Gasteiger partial charge in [-0.15, -0.1) is 11.8 Å². The number of para-hydroxylation sites is 2. The van der Waals surface area contributed by atoms with Crippen LogP contribution in [0, 0.1) is 0 Å². The third-order valence-electron chi connectivity index (χ3n) is 5.15. The van der Waals surface area contributed by atoms with Gasteiger partial charge in [0.15, 0.2) is 0 Å². The summed E-state index contributed by atoms with van der Waals surface area (Å²) in [6.45, 7) is 5.56. The summed E-state index contributed by atoms with van der Waals surface area (Å²) in [6.07, 6.45) is 0.329. The van der Waals surface area contributed by atoms with Crippen LogP contribution in [0.3, 0.4) is 0 Å². The molecule has 0 aliphatic carbocycles. The van der Waals surface area contributed by atoms with E-state index >= 15 is 0 Å². The molecule has 1 heterocycles. The third-order valence-corrected chi connectivity index (χ3v) is 6.20. The van der Waals surface area contributed by atoms with Crippen molar-refractivity contribution >= 4 is 29.3 Å². The number of anilines is 1. The zero-order chi connectivity index (χ0) is 24.1. The summed E-state index contributed by atoms with van der Waals surface area (Å²) in [6, 6.07) is 24.0. The zero-order valence-electron chi connectivity index (χ0n) is 19.5. The van der Waals surface area contributed by atoms with Gasteiger partial charge in [-0.25, -0.2) is 5.48 Å². The van der Waals surface area contributed by atoms with E-state index in [1.807, 2.05) is 99.6 Å². The number of carbonyl (C=O) groups excluding carboxylic acids is 2. The molecule has 176 valence electrons. The van der Waals surface area contributed by atoms with E-state index in [4.69, 9.17) is 9.57 Å². The fourth-order valence-electron chi connectivity index (χ4n) is 3.58. The lowest BCUT2D eigenvalue weighted by atomic mass is 10.0. The minimum absolute atomic E-state index is 0.108. The van der Waals surface area contributed by atoms with E-state index in [-0.39, 0.29) is 17.6 Å². The molecule has 1 N–H and O–H groups in total. The molecule has 34 heavy (non-hydrogen) atoms. The number of benzene rings is 3. The van der Waals surface area contributed by atoms with E-state index in [2.05, 4.69) is 5.48 Å². The Balaban J connectivity index is 1.59. The van der Waals surface area contributed by atoms with Gasteiger partial charge in [-0.05, 0) is 62.7 Å². The van der Waals surface area contributed by atoms with Gasteiger partial charge in [-0.2, -0.15) is 0 Å². The van der Waals surface area contributed by atoms with Crippen molar-refractivity contribution in [3.8, 4) is 11.5 Å². The molecule has 0 aromatic heterocycles. The first kappa shape index (κ1) is 23.9. The Kier molecular flexibility index (Phi) is 7.24. The lowest BCUT2D eigenvalue weighted by Crippen LogP contribution is -2.53. The molecule has 0 spiro atoms. The van der Waals surface area contributed by atoms with Crippen LogP contribution in [0.2, 0.25) is 0 Å². The van der Waals surface area contributed by atoms with Crippen LogP contribution in [0.25, 0.3) is 0 Å². The van der Waals surface area contributed by atoms with E-state index in [0.717, 1.165) is 21.9 Å². The summed E-state index contributed by atoms with van der Waals surface area (Å²) in [5, 5.41) is 0. The van der Waals surface area contributed by atoms with E-state index < -0.39 is 11.6 Å². The molecule has 0 saturated carbocycles. The monoisotopic (exact) mass is 476 g/mol. The second-order valence-corrected chi connectivity index (χ2v) is 10.00. The average molecular weight is 477 g/mol. The number of hydroxylamine groups is 1. The van der Waals surface area contributed by atoms with Crippen molar-refractivity contribution in [3.05, 3.63) is 84.4 Å². The highest BCUT2D eigenvalue weighted by Gasteiger charge is 2.35. The number of nitrogens with zero attached hydrogens (tertiary/aromatic N) is 1. The number of amides is 2. The number of hydrogen-bond acceptors (Lipinski definition) is 5. The van der Waals surface area contributed by atoms with Crippen molar-refractivity contribution in [1.29, 1.82) is 0 Å². The summed E-state index contributed by atoms with van der Waals surface area (Å²) < 4.78 is 5.88. The van der Waals surface area contributed by atoms with Crippen LogP contribution in [0.5, 0.6) is 11.5 Å². The lowest BCUT2D eigenvalue weighted by molar-refractivity contribution is -0.147. The number of nitrogens with one attached hydrogen (secondary N) is 1. The molecular formula is C27H28N2O4S. The van der Waals surface area contributed by atoms with Gasteiger partial charge in [-0.1, -0.05) is 42.5 Å². The van der Waals surface area contributed by atoms with Crippen molar-refractivity contribution in [3.63, 3.8) is 0 Å². The first-order valence-corrected chi connectivity index (χ1v) is 12.1. The number of ether oxygens (including phenoxy) is 1. The molecule has 2 amide bonds. The molecule has 0 radical (unpaired) electrons. The van der Waals surface area contributed by atoms with Crippen LogP contribution in [0.4, 0.5) is 5.69 Å². The highest BCUT2D eigenvalue weighted by Crippen LogP contribution is 2.37. The second kappa shape index (κ2) is 10.3. The molecule has 6 nitrogen and oxygen atoms in total. The Morgan fingerprint density at radius 3 is 2.32 bits per heavy atom. The van der Waals surface area contributed by atoms with Crippen LogP contribution < -0.4 is 15.1 Å². The second-order valence-electron chi connectivity index (χ2n) is 8.98. The highest BCUT2D eigenvalue weighted by atomic mass is 32.2. The number of thioether (sulfide) groups is 1. The van der Waals surface area contributed by atoms with Gasteiger partial charge >= 0.3 is 0 Å². The van der Waals surface area contributed by atoms with Crippen molar-refractivity contribution < 1.29 is 19.2 Å². The van der Waals surface area contributed by atoms with Gasteiger partial charge in [0, 0.05) is 11.3 Å². The average Bonchev–Trinajstić information content (AvgIpc) is 2.83. The highest BCUT2D eigenvalue weighted by molar-refractivity contribution is 8.00. The van der Waals surface area contributed by atoms with Crippen molar-refractivity contribution in [1.82, 2.24) is 5.48 Å². The Bertz CT molecular complexity index is 1140. The molecule has 4 rings (SSSR count). The van der Waals surface area contributed by atoms with Gasteiger partial charge in [0.1, 0.15) is 17.5 Å². The van der Waals surface area contributed by atoms with Crippen LogP contribution in [-0.4, -0.2) is 29.2 Å². The van der Waals surface area contributed by atoms with Crippen LogP contribution in [-0.2, 0) is 20.8 Å². The zero-order valence-corrected chi connectivity index (χ0v) is 20.3. The molecule has 1 aliphatic heterocycles. The minimum Gasteiger partial charge on any atom is -0.457 e. The Morgan fingerprint density at radius 1 is 0.971 bits per heavy atom. The fourth-order valence-corrected chi connectivity index (χ4v) is 4.48. The number of rotatable bonds is 7. The molecule has 1 atom stereocenters. The summed E-state index contributed by atoms with van der Waals surface area (Å²) in [4.78, 5) is 34.4. The molecule has 7 heteroatoms. The van der Waals surface area contributed by atoms with E-state index in [1.54, 1.807) is 4.90 Å². The standard InChI is InChI=1S/C27H28N2O4S/c1-27(2,3)33-28-26(31)23(29-22-11-7-8-12-24(22)34-18-25(29)30)17-19-13-15-21(16-14-19)32-20-9-5-4-6-10-20/h4-16,23H,17-18H2,1-3H3,(H,28,31). The maximum atomic E-state index is 13.3. The Hall–Kier alpha value is -3.29. The van der Waals surface area contributed by atoms with E-state index in [1.165, 1.54) is 11.8 Å². The van der Waals surface area contributed by atoms with Gasteiger partial charge < -0.3 is 4.74 Å². The molecule has 0 saturated heterocycles. The maximum absolute atomic E-state index is 13.3. The molecule has 1 unspecified atom stereocenters. The molecule has 0 bridgehead atoms. The van der Waals surface area contributed by atoms with Crippen molar-refractivity contribution in [2.75, 3.05) is 10.7 Å². The smallest absolute Gasteiger partial charge is 0.267 e. The predicted molar refractivity (Wildman–Crippen MR) is 134 cm³/mol. The summed E-state index contributed by atoms with van der Waals surface area (Å²) in [5.74, 6) is 1.26. The molecule has 0 fully saturated rings. The molecule has 1 aliphatic rings. The van der Waals surface area contributed by atoms with Crippen LogP contribution in [0.1, 0.15) is 26.3 Å². The third kappa shape index (κ3) is 5.98. The summed E-state index contributed by atoms with van der Waals surface area (Å²) >= 11 is 1.49. The number of carbonyl (C=O) groups is 2. The summed E-state index contributed by atoms with van der Waals surface area (Å²) in [5.41, 5.74) is 3.65. The first-order valence-electron chi connectivity index (χ1n) is 11.1.